The van der Waals surface area contributed by atoms with E-state index in [9.17, 15) is 4.79 Å². The molecule has 0 radical (unpaired) electrons. The summed E-state index contributed by atoms with van der Waals surface area (Å²) in [5.41, 5.74) is 4.94. The number of aryl methyl sites for hydroxylation is 2. The SMILES string of the molecule is CCc1ccc(N=C2SC(=Cc3ccc(OC)c(OC)c3)C(=O)N2c2ccc(CC)cc2)cc1. The van der Waals surface area contributed by atoms with Gasteiger partial charge in [0.2, 0.25) is 0 Å². The summed E-state index contributed by atoms with van der Waals surface area (Å²) in [5, 5.41) is 0.630. The predicted octanol–water partition coefficient (Wildman–Crippen LogP) is 6.64. The molecule has 4 rings (SSSR count). The van der Waals surface area contributed by atoms with Crippen molar-refractivity contribution in [1.82, 2.24) is 0 Å². The molecule has 3 aromatic carbocycles. The van der Waals surface area contributed by atoms with Gasteiger partial charge < -0.3 is 9.47 Å². The van der Waals surface area contributed by atoms with Crippen LogP contribution in [-0.4, -0.2) is 25.3 Å². The first kappa shape index (κ1) is 23.6. The van der Waals surface area contributed by atoms with Gasteiger partial charge in [-0.3, -0.25) is 9.69 Å². The highest BCUT2D eigenvalue weighted by atomic mass is 32.2. The number of amidine groups is 1. The molecular weight excluding hydrogens is 444 g/mol. The summed E-state index contributed by atoms with van der Waals surface area (Å²) in [7, 11) is 3.20. The molecule has 1 fully saturated rings. The lowest BCUT2D eigenvalue weighted by molar-refractivity contribution is -0.113. The van der Waals surface area contributed by atoms with Crippen molar-refractivity contribution < 1.29 is 14.3 Å². The van der Waals surface area contributed by atoms with Crippen LogP contribution in [0.25, 0.3) is 6.08 Å². The minimum atomic E-state index is -0.104. The maximum Gasteiger partial charge on any atom is 0.271 e. The van der Waals surface area contributed by atoms with Gasteiger partial charge in [-0.05, 0) is 83.8 Å². The highest BCUT2D eigenvalue weighted by Crippen LogP contribution is 2.38. The highest BCUT2D eigenvalue weighted by Gasteiger charge is 2.34. The number of aliphatic imine (C=N–C) groups is 1. The smallest absolute Gasteiger partial charge is 0.271 e. The molecule has 3 aromatic rings. The second-order valence-electron chi connectivity index (χ2n) is 7.80. The summed E-state index contributed by atoms with van der Waals surface area (Å²) in [6.45, 7) is 4.24. The Labute approximate surface area is 205 Å². The lowest BCUT2D eigenvalue weighted by Gasteiger charge is -2.16. The van der Waals surface area contributed by atoms with Crippen LogP contribution in [0.2, 0.25) is 0 Å². The largest absolute Gasteiger partial charge is 0.493 e. The summed E-state index contributed by atoms with van der Waals surface area (Å²) >= 11 is 1.37. The first-order valence-corrected chi connectivity index (χ1v) is 12.1. The number of methoxy groups -OCH3 is 2. The Kier molecular flexibility index (Phi) is 7.38. The van der Waals surface area contributed by atoms with E-state index in [1.54, 1.807) is 19.1 Å². The summed E-state index contributed by atoms with van der Waals surface area (Å²) in [4.78, 5) is 20.7. The number of carbonyl (C=O) groups excluding carboxylic acids is 1. The molecule has 174 valence electrons. The van der Waals surface area contributed by atoms with Crippen molar-refractivity contribution in [3.63, 3.8) is 0 Å². The Hall–Kier alpha value is -3.51. The number of hydrogen-bond acceptors (Lipinski definition) is 5. The maximum absolute atomic E-state index is 13.5. The van der Waals surface area contributed by atoms with Crippen LogP contribution < -0.4 is 14.4 Å². The Morgan fingerprint density at radius 3 is 2.06 bits per heavy atom. The van der Waals surface area contributed by atoms with Crippen molar-refractivity contribution in [2.45, 2.75) is 26.7 Å². The highest BCUT2D eigenvalue weighted by molar-refractivity contribution is 8.19. The van der Waals surface area contributed by atoms with Crippen molar-refractivity contribution in [2.75, 3.05) is 19.1 Å². The molecule has 34 heavy (non-hydrogen) atoms. The van der Waals surface area contributed by atoms with Crippen LogP contribution >= 0.6 is 11.8 Å². The molecule has 1 aliphatic heterocycles. The molecule has 6 heteroatoms. The molecule has 0 N–H and O–H groups in total. The van der Waals surface area contributed by atoms with Gasteiger partial charge in [-0.1, -0.05) is 44.2 Å². The number of ether oxygens (including phenoxy) is 2. The normalized spacial score (nSPS) is 15.9. The molecule has 0 aromatic heterocycles. The molecule has 0 bridgehead atoms. The molecule has 1 amide bonds. The van der Waals surface area contributed by atoms with E-state index >= 15 is 0 Å². The van der Waals surface area contributed by atoms with E-state index in [-0.39, 0.29) is 5.91 Å². The molecule has 1 aliphatic rings. The third kappa shape index (κ3) is 5.02. The number of thioether (sulfide) groups is 1. The maximum atomic E-state index is 13.5. The van der Waals surface area contributed by atoms with Crippen molar-refractivity contribution in [2.24, 2.45) is 4.99 Å². The van der Waals surface area contributed by atoms with E-state index < -0.39 is 0 Å². The molecule has 1 saturated heterocycles. The molecule has 0 aliphatic carbocycles. The Bertz CT molecular complexity index is 1230. The average Bonchev–Trinajstić information content (AvgIpc) is 3.18. The van der Waals surface area contributed by atoms with Gasteiger partial charge in [0.15, 0.2) is 16.7 Å². The number of benzene rings is 3. The first-order chi connectivity index (χ1) is 16.6. The van der Waals surface area contributed by atoms with Crippen molar-refractivity contribution >= 4 is 40.3 Å². The molecule has 1 heterocycles. The van der Waals surface area contributed by atoms with Gasteiger partial charge in [0.05, 0.1) is 30.5 Å². The van der Waals surface area contributed by atoms with E-state index in [0.717, 1.165) is 29.8 Å². The van der Waals surface area contributed by atoms with Crippen LogP contribution in [0.15, 0.2) is 76.6 Å². The lowest BCUT2D eigenvalue weighted by atomic mass is 10.1. The van der Waals surface area contributed by atoms with Crippen LogP contribution in [0.1, 0.15) is 30.5 Å². The second-order valence-corrected chi connectivity index (χ2v) is 8.81. The first-order valence-electron chi connectivity index (χ1n) is 11.3. The molecule has 0 unspecified atom stereocenters. The molecule has 0 saturated carbocycles. The fourth-order valence-corrected chi connectivity index (χ4v) is 4.67. The fourth-order valence-electron chi connectivity index (χ4n) is 3.67. The molecule has 0 atom stereocenters. The lowest BCUT2D eigenvalue weighted by Crippen LogP contribution is -2.28. The van der Waals surface area contributed by atoms with E-state index in [1.165, 1.54) is 22.9 Å². The quantitative estimate of drug-likeness (QED) is 0.362. The summed E-state index contributed by atoms with van der Waals surface area (Å²) in [5.74, 6) is 1.16. The van der Waals surface area contributed by atoms with Crippen molar-refractivity contribution in [3.05, 3.63) is 88.3 Å². The van der Waals surface area contributed by atoms with Gasteiger partial charge >= 0.3 is 0 Å². The van der Waals surface area contributed by atoms with Crippen molar-refractivity contribution in [3.8, 4) is 11.5 Å². The zero-order valence-corrected chi connectivity index (χ0v) is 20.7. The number of nitrogens with zero attached hydrogens (tertiary/aromatic N) is 2. The Morgan fingerprint density at radius 1 is 0.853 bits per heavy atom. The average molecular weight is 473 g/mol. The van der Waals surface area contributed by atoms with Crippen LogP contribution in [0.5, 0.6) is 11.5 Å². The van der Waals surface area contributed by atoms with Gasteiger partial charge in [-0.2, -0.15) is 0 Å². The van der Waals surface area contributed by atoms with Crippen LogP contribution in [0, 0.1) is 0 Å². The van der Waals surface area contributed by atoms with Crippen LogP contribution in [0.3, 0.4) is 0 Å². The van der Waals surface area contributed by atoms with E-state index in [1.807, 2.05) is 48.5 Å². The van der Waals surface area contributed by atoms with Gasteiger partial charge in [0, 0.05) is 0 Å². The van der Waals surface area contributed by atoms with Gasteiger partial charge in [0.1, 0.15) is 0 Å². The standard InChI is InChI=1S/C28H28N2O3S/c1-5-19-7-12-22(13-8-19)29-28-30(23-14-9-20(6-2)10-15-23)27(31)26(34-28)18-21-11-16-24(32-3)25(17-21)33-4/h7-18H,5-6H2,1-4H3. The second kappa shape index (κ2) is 10.6. The van der Waals surface area contributed by atoms with Gasteiger partial charge in [-0.15, -0.1) is 0 Å². The van der Waals surface area contributed by atoms with Gasteiger partial charge in [0.25, 0.3) is 5.91 Å². The number of carbonyl (C=O) groups is 1. The van der Waals surface area contributed by atoms with E-state index in [4.69, 9.17) is 14.5 Å². The minimum Gasteiger partial charge on any atom is -0.493 e. The fraction of sp³-hybridized carbons (Fsp3) is 0.214. The summed E-state index contributed by atoms with van der Waals surface area (Å²) < 4.78 is 10.8. The Morgan fingerprint density at radius 2 is 1.47 bits per heavy atom. The molecule has 0 spiro atoms. The Balaban J connectivity index is 1.74. The minimum absolute atomic E-state index is 0.104. The monoisotopic (exact) mass is 472 g/mol. The topological polar surface area (TPSA) is 51.1 Å². The van der Waals surface area contributed by atoms with Crippen LogP contribution in [0.4, 0.5) is 11.4 Å². The summed E-state index contributed by atoms with van der Waals surface area (Å²) in [6, 6.07) is 21.8. The predicted molar refractivity (Wildman–Crippen MR) is 141 cm³/mol. The van der Waals surface area contributed by atoms with Crippen LogP contribution in [-0.2, 0) is 17.6 Å². The molecular formula is C28H28N2O3S. The summed E-state index contributed by atoms with van der Waals surface area (Å²) in [6.07, 6.45) is 3.78. The third-order valence-corrected chi connectivity index (χ3v) is 6.65. The van der Waals surface area contributed by atoms with E-state index in [2.05, 4.69) is 38.1 Å². The zero-order valence-electron chi connectivity index (χ0n) is 19.9. The number of anilines is 1. The third-order valence-electron chi connectivity index (χ3n) is 5.68. The zero-order chi connectivity index (χ0) is 24.1. The van der Waals surface area contributed by atoms with E-state index in [0.29, 0.717) is 21.6 Å². The molecule has 5 nitrogen and oxygen atoms in total. The van der Waals surface area contributed by atoms with Crippen molar-refractivity contribution in [1.29, 1.82) is 0 Å². The number of rotatable bonds is 7. The van der Waals surface area contributed by atoms with Gasteiger partial charge in [-0.25, -0.2) is 4.99 Å². The number of amides is 1. The number of hydrogen-bond donors (Lipinski definition) is 0.